The van der Waals surface area contributed by atoms with Gasteiger partial charge in [-0.05, 0) is 5.41 Å². The molecule has 0 aliphatic heterocycles. The lowest BCUT2D eigenvalue weighted by molar-refractivity contribution is -0.124. The van der Waals surface area contributed by atoms with Crippen molar-refractivity contribution in [2.24, 2.45) is 11.1 Å². The number of hydrogen-bond acceptors (Lipinski definition) is 4. The number of amides is 1. The Morgan fingerprint density at radius 3 is 2.80 bits per heavy atom. The summed E-state index contributed by atoms with van der Waals surface area (Å²) in [5, 5.41) is 6.38. The summed E-state index contributed by atoms with van der Waals surface area (Å²) in [5.74, 6) is -0.175. The fourth-order valence-electron chi connectivity index (χ4n) is 1.01. The summed E-state index contributed by atoms with van der Waals surface area (Å²) in [6, 6.07) is 1.17. The molecule has 5 nitrogen and oxygen atoms in total. The van der Waals surface area contributed by atoms with E-state index in [9.17, 15) is 4.79 Å². The topological polar surface area (TPSA) is 81.2 Å². The Labute approximate surface area is 89.0 Å². The van der Waals surface area contributed by atoms with Crippen molar-refractivity contribution >= 4 is 5.91 Å². The monoisotopic (exact) mass is 211 g/mol. The minimum absolute atomic E-state index is 0.175. The SMILES string of the molecule is CC(C)(C)[C@@H](N)C(=O)NCc1ccon1. The Balaban J connectivity index is 2.43. The molecule has 0 aromatic carbocycles. The summed E-state index contributed by atoms with van der Waals surface area (Å²) >= 11 is 0. The molecule has 1 amide bonds. The standard InChI is InChI=1S/C10H17N3O2/c1-10(2,3)8(11)9(14)12-6-7-4-5-15-13-7/h4-5,8H,6,11H2,1-3H3,(H,12,14)/t8-/m0/s1. The maximum Gasteiger partial charge on any atom is 0.237 e. The van der Waals surface area contributed by atoms with Crippen molar-refractivity contribution < 1.29 is 9.32 Å². The second kappa shape index (κ2) is 4.44. The molecule has 15 heavy (non-hydrogen) atoms. The number of carbonyl (C=O) groups is 1. The smallest absolute Gasteiger partial charge is 0.237 e. The van der Waals surface area contributed by atoms with E-state index in [1.165, 1.54) is 6.26 Å². The number of nitrogens with two attached hydrogens (primary N) is 1. The van der Waals surface area contributed by atoms with Gasteiger partial charge in [0.15, 0.2) is 0 Å². The van der Waals surface area contributed by atoms with Crippen molar-refractivity contribution in [2.75, 3.05) is 0 Å². The quantitative estimate of drug-likeness (QED) is 0.769. The van der Waals surface area contributed by atoms with Gasteiger partial charge in [-0.15, -0.1) is 0 Å². The molecule has 0 aliphatic carbocycles. The normalized spacial score (nSPS) is 13.6. The molecule has 0 bridgehead atoms. The maximum absolute atomic E-state index is 11.6. The first-order valence-electron chi connectivity index (χ1n) is 4.84. The van der Waals surface area contributed by atoms with Crippen LogP contribution in [0.15, 0.2) is 16.9 Å². The van der Waals surface area contributed by atoms with Crippen molar-refractivity contribution in [1.29, 1.82) is 0 Å². The molecule has 0 fully saturated rings. The summed E-state index contributed by atoms with van der Waals surface area (Å²) in [6.45, 7) is 6.12. The van der Waals surface area contributed by atoms with E-state index in [1.807, 2.05) is 20.8 Å². The van der Waals surface area contributed by atoms with Crippen LogP contribution in [0.4, 0.5) is 0 Å². The lowest BCUT2D eigenvalue weighted by atomic mass is 9.87. The molecule has 1 aromatic heterocycles. The number of nitrogens with one attached hydrogen (secondary N) is 1. The van der Waals surface area contributed by atoms with Gasteiger partial charge in [-0.2, -0.15) is 0 Å². The lowest BCUT2D eigenvalue weighted by Gasteiger charge is -2.25. The van der Waals surface area contributed by atoms with Crippen LogP contribution in [-0.2, 0) is 11.3 Å². The molecular formula is C10H17N3O2. The van der Waals surface area contributed by atoms with Gasteiger partial charge in [0.2, 0.25) is 5.91 Å². The summed E-state index contributed by atoms with van der Waals surface area (Å²) in [7, 11) is 0. The number of aromatic nitrogens is 1. The zero-order valence-corrected chi connectivity index (χ0v) is 9.28. The van der Waals surface area contributed by atoms with Gasteiger partial charge in [-0.25, -0.2) is 0 Å². The van der Waals surface area contributed by atoms with Crippen LogP contribution < -0.4 is 11.1 Å². The minimum atomic E-state index is -0.524. The van der Waals surface area contributed by atoms with Crippen molar-refractivity contribution in [2.45, 2.75) is 33.4 Å². The fourth-order valence-corrected chi connectivity index (χ4v) is 1.01. The molecule has 3 N–H and O–H groups in total. The summed E-state index contributed by atoms with van der Waals surface area (Å²) < 4.78 is 4.64. The molecule has 0 saturated carbocycles. The molecule has 1 heterocycles. The van der Waals surface area contributed by atoms with E-state index < -0.39 is 6.04 Å². The van der Waals surface area contributed by atoms with Crippen LogP contribution in [0, 0.1) is 5.41 Å². The third-order valence-electron chi connectivity index (χ3n) is 2.15. The number of carbonyl (C=O) groups excluding carboxylic acids is 1. The van der Waals surface area contributed by atoms with Crippen LogP contribution in [0.5, 0.6) is 0 Å². The first kappa shape index (κ1) is 11.7. The predicted molar refractivity (Wildman–Crippen MR) is 55.8 cm³/mol. The second-order valence-corrected chi connectivity index (χ2v) is 4.55. The average Bonchev–Trinajstić information content (AvgIpc) is 2.63. The van der Waals surface area contributed by atoms with Crippen LogP contribution in [0.2, 0.25) is 0 Å². The molecule has 84 valence electrons. The lowest BCUT2D eigenvalue weighted by Crippen LogP contribution is -2.48. The number of nitrogens with zero attached hydrogens (tertiary/aromatic N) is 1. The Bertz CT molecular complexity index is 314. The van der Waals surface area contributed by atoms with Crippen LogP contribution in [-0.4, -0.2) is 17.1 Å². The summed E-state index contributed by atoms with van der Waals surface area (Å²) in [6.07, 6.45) is 1.46. The summed E-state index contributed by atoms with van der Waals surface area (Å²) in [5.41, 5.74) is 6.22. The molecule has 0 spiro atoms. The molecule has 1 atom stereocenters. The molecule has 0 unspecified atom stereocenters. The van der Waals surface area contributed by atoms with Crippen LogP contribution in [0.1, 0.15) is 26.5 Å². The highest BCUT2D eigenvalue weighted by atomic mass is 16.5. The van der Waals surface area contributed by atoms with Crippen LogP contribution >= 0.6 is 0 Å². The summed E-state index contributed by atoms with van der Waals surface area (Å²) in [4.78, 5) is 11.6. The van der Waals surface area contributed by atoms with E-state index in [1.54, 1.807) is 6.07 Å². The van der Waals surface area contributed by atoms with E-state index in [0.717, 1.165) is 0 Å². The molecule has 1 aromatic rings. The fraction of sp³-hybridized carbons (Fsp3) is 0.600. The third kappa shape index (κ3) is 3.36. The number of hydrogen-bond donors (Lipinski definition) is 2. The maximum atomic E-state index is 11.6. The van der Waals surface area contributed by atoms with Gasteiger partial charge in [0.25, 0.3) is 0 Å². The van der Waals surface area contributed by atoms with Gasteiger partial charge in [-0.1, -0.05) is 25.9 Å². The van der Waals surface area contributed by atoms with E-state index in [0.29, 0.717) is 12.2 Å². The first-order chi connectivity index (χ1) is 6.91. The highest BCUT2D eigenvalue weighted by Crippen LogP contribution is 2.17. The van der Waals surface area contributed by atoms with Gasteiger partial charge >= 0.3 is 0 Å². The Morgan fingerprint density at radius 2 is 2.33 bits per heavy atom. The van der Waals surface area contributed by atoms with Gasteiger partial charge < -0.3 is 15.6 Å². The third-order valence-corrected chi connectivity index (χ3v) is 2.15. The Morgan fingerprint density at radius 1 is 1.67 bits per heavy atom. The highest BCUT2D eigenvalue weighted by molar-refractivity contribution is 5.82. The van der Waals surface area contributed by atoms with E-state index in [-0.39, 0.29) is 11.3 Å². The molecule has 0 radical (unpaired) electrons. The largest absolute Gasteiger partial charge is 0.364 e. The highest BCUT2D eigenvalue weighted by Gasteiger charge is 2.27. The Hall–Kier alpha value is -1.36. The average molecular weight is 211 g/mol. The van der Waals surface area contributed by atoms with Crippen molar-refractivity contribution in [3.05, 3.63) is 18.0 Å². The van der Waals surface area contributed by atoms with Crippen molar-refractivity contribution in [1.82, 2.24) is 10.5 Å². The van der Waals surface area contributed by atoms with Gasteiger partial charge in [-0.3, -0.25) is 4.79 Å². The minimum Gasteiger partial charge on any atom is -0.364 e. The van der Waals surface area contributed by atoms with Gasteiger partial charge in [0.05, 0.1) is 12.6 Å². The molecule has 1 rings (SSSR count). The molecule has 0 aliphatic rings. The van der Waals surface area contributed by atoms with Crippen molar-refractivity contribution in [3.8, 4) is 0 Å². The molecule has 5 heteroatoms. The Kier molecular flexibility index (Phi) is 3.47. The second-order valence-electron chi connectivity index (χ2n) is 4.55. The first-order valence-corrected chi connectivity index (χ1v) is 4.84. The van der Waals surface area contributed by atoms with Crippen LogP contribution in [0.3, 0.4) is 0 Å². The molecular weight excluding hydrogens is 194 g/mol. The van der Waals surface area contributed by atoms with E-state index >= 15 is 0 Å². The van der Waals surface area contributed by atoms with Crippen LogP contribution in [0.25, 0.3) is 0 Å². The van der Waals surface area contributed by atoms with Crippen molar-refractivity contribution in [3.63, 3.8) is 0 Å². The van der Waals surface area contributed by atoms with E-state index in [4.69, 9.17) is 5.73 Å². The predicted octanol–water partition coefficient (Wildman–Crippen LogP) is 0.664. The van der Waals surface area contributed by atoms with E-state index in [2.05, 4.69) is 15.0 Å². The zero-order chi connectivity index (χ0) is 11.5. The zero-order valence-electron chi connectivity index (χ0n) is 9.28. The van der Waals surface area contributed by atoms with Gasteiger partial charge in [0, 0.05) is 6.07 Å². The molecule has 0 saturated heterocycles. The number of rotatable bonds is 3. The van der Waals surface area contributed by atoms with Gasteiger partial charge in [0.1, 0.15) is 12.0 Å².